The second kappa shape index (κ2) is 6.89. The van der Waals surface area contributed by atoms with Gasteiger partial charge in [0.05, 0.1) is 15.9 Å². The first-order valence-electron chi connectivity index (χ1n) is 7.60. The molecule has 1 aromatic heterocycles. The van der Waals surface area contributed by atoms with Crippen LogP contribution in [0.5, 0.6) is 0 Å². The molecule has 4 heteroatoms. The summed E-state index contributed by atoms with van der Waals surface area (Å²) in [6.45, 7) is 9.69. The molecule has 0 aromatic carbocycles. The molecule has 1 N–H and O–H groups in total. The summed E-state index contributed by atoms with van der Waals surface area (Å²) >= 11 is 3.70. The summed E-state index contributed by atoms with van der Waals surface area (Å²) in [4.78, 5) is 0. The Morgan fingerprint density at radius 2 is 2.16 bits per heavy atom. The third-order valence-electron chi connectivity index (χ3n) is 4.22. The van der Waals surface area contributed by atoms with Gasteiger partial charge < -0.3 is 5.32 Å². The Labute approximate surface area is 125 Å². The highest BCUT2D eigenvalue weighted by molar-refractivity contribution is 9.10. The molecule has 2 unspecified atom stereocenters. The van der Waals surface area contributed by atoms with E-state index in [1.54, 1.807) is 0 Å². The summed E-state index contributed by atoms with van der Waals surface area (Å²) in [5.41, 5.74) is 2.47. The van der Waals surface area contributed by atoms with Gasteiger partial charge in [-0.1, -0.05) is 20.3 Å². The molecule has 3 nitrogen and oxygen atoms in total. The van der Waals surface area contributed by atoms with Crippen molar-refractivity contribution in [3.63, 3.8) is 0 Å². The quantitative estimate of drug-likeness (QED) is 0.862. The number of nitrogens with one attached hydrogen (secondary N) is 1. The van der Waals surface area contributed by atoms with Crippen LogP contribution in [0.2, 0.25) is 0 Å². The van der Waals surface area contributed by atoms with Crippen LogP contribution in [0.1, 0.15) is 51.4 Å². The van der Waals surface area contributed by atoms with Gasteiger partial charge in [0.25, 0.3) is 0 Å². The smallest absolute Gasteiger partial charge is 0.0767 e. The number of hydrogen-bond donors (Lipinski definition) is 1. The molecule has 1 aliphatic carbocycles. The topological polar surface area (TPSA) is 29.9 Å². The highest BCUT2D eigenvalue weighted by atomic mass is 79.9. The average Bonchev–Trinajstić information content (AvgIpc) is 2.94. The molecular formula is C15H26BrN3. The Kier molecular flexibility index (Phi) is 5.46. The molecule has 1 aliphatic rings. The van der Waals surface area contributed by atoms with E-state index in [2.05, 4.69) is 51.8 Å². The first kappa shape index (κ1) is 15.0. The van der Waals surface area contributed by atoms with Crippen LogP contribution >= 0.6 is 15.9 Å². The van der Waals surface area contributed by atoms with Gasteiger partial charge in [-0.3, -0.25) is 4.68 Å². The van der Waals surface area contributed by atoms with E-state index < -0.39 is 0 Å². The summed E-state index contributed by atoms with van der Waals surface area (Å²) in [6, 6.07) is 0. The highest BCUT2D eigenvalue weighted by Crippen LogP contribution is 2.29. The zero-order valence-electron chi connectivity index (χ0n) is 12.4. The van der Waals surface area contributed by atoms with Crippen LogP contribution in [0.25, 0.3) is 0 Å². The largest absolute Gasteiger partial charge is 0.311 e. The average molecular weight is 328 g/mol. The molecule has 1 heterocycles. The van der Waals surface area contributed by atoms with E-state index in [1.165, 1.54) is 35.1 Å². The van der Waals surface area contributed by atoms with Crippen LogP contribution in [0, 0.1) is 11.8 Å². The van der Waals surface area contributed by atoms with E-state index in [4.69, 9.17) is 0 Å². The minimum absolute atomic E-state index is 0.873. The molecular weight excluding hydrogens is 302 g/mol. The fourth-order valence-corrected chi connectivity index (χ4v) is 3.80. The van der Waals surface area contributed by atoms with Gasteiger partial charge >= 0.3 is 0 Å². The lowest BCUT2D eigenvalue weighted by Gasteiger charge is -2.12. The summed E-state index contributed by atoms with van der Waals surface area (Å²) in [6.07, 6.45) is 5.17. The van der Waals surface area contributed by atoms with Gasteiger partial charge in [0.15, 0.2) is 0 Å². The zero-order chi connectivity index (χ0) is 13.8. The lowest BCUT2D eigenvalue weighted by molar-refractivity contribution is 0.461. The molecule has 0 spiro atoms. The van der Waals surface area contributed by atoms with E-state index in [-0.39, 0.29) is 0 Å². The van der Waals surface area contributed by atoms with Gasteiger partial charge in [-0.25, -0.2) is 0 Å². The molecule has 0 radical (unpaired) electrons. The summed E-state index contributed by atoms with van der Waals surface area (Å²) < 4.78 is 3.32. The Morgan fingerprint density at radius 3 is 2.74 bits per heavy atom. The van der Waals surface area contributed by atoms with Gasteiger partial charge in [0.1, 0.15) is 0 Å². The van der Waals surface area contributed by atoms with Crippen molar-refractivity contribution < 1.29 is 0 Å². The van der Waals surface area contributed by atoms with Gasteiger partial charge in [0.2, 0.25) is 0 Å². The standard InChI is InChI=1S/C15H26BrN3/c1-4-13-15(16)14(19(5-2)18-13)10-17-9-12-7-6-11(3)8-12/h11-12,17H,4-10H2,1-3H3. The Bertz CT molecular complexity index is 414. The number of aryl methyl sites for hydroxylation is 2. The van der Waals surface area contributed by atoms with Gasteiger partial charge in [0, 0.05) is 13.1 Å². The lowest BCUT2D eigenvalue weighted by Crippen LogP contribution is -2.22. The van der Waals surface area contributed by atoms with E-state index in [0.29, 0.717) is 0 Å². The predicted molar refractivity (Wildman–Crippen MR) is 83.2 cm³/mol. The molecule has 0 saturated heterocycles. The first-order valence-corrected chi connectivity index (χ1v) is 8.39. The molecule has 0 amide bonds. The maximum atomic E-state index is 4.64. The fourth-order valence-electron chi connectivity index (χ4n) is 3.09. The van der Waals surface area contributed by atoms with Crippen LogP contribution < -0.4 is 5.32 Å². The van der Waals surface area contributed by atoms with Crippen molar-refractivity contribution in [2.75, 3.05) is 6.54 Å². The lowest BCUT2D eigenvalue weighted by atomic mass is 10.1. The monoisotopic (exact) mass is 327 g/mol. The minimum Gasteiger partial charge on any atom is -0.311 e. The second-order valence-corrected chi connectivity index (χ2v) is 6.58. The Balaban J connectivity index is 1.90. The van der Waals surface area contributed by atoms with E-state index >= 15 is 0 Å². The van der Waals surface area contributed by atoms with Crippen LogP contribution in [0.3, 0.4) is 0 Å². The van der Waals surface area contributed by atoms with E-state index in [1.807, 2.05) is 0 Å². The molecule has 1 fully saturated rings. The van der Waals surface area contributed by atoms with Crippen molar-refractivity contribution in [3.8, 4) is 0 Å². The molecule has 2 atom stereocenters. The fraction of sp³-hybridized carbons (Fsp3) is 0.800. The molecule has 0 aliphatic heterocycles. The van der Waals surface area contributed by atoms with Crippen LogP contribution in [-0.4, -0.2) is 16.3 Å². The van der Waals surface area contributed by atoms with Crippen molar-refractivity contribution in [1.29, 1.82) is 0 Å². The maximum absolute atomic E-state index is 4.64. The molecule has 19 heavy (non-hydrogen) atoms. The number of halogens is 1. The van der Waals surface area contributed by atoms with Crippen LogP contribution in [0.15, 0.2) is 4.47 Å². The predicted octanol–water partition coefficient (Wildman–Crippen LogP) is 3.75. The summed E-state index contributed by atoms with van der Waals surface area (Å²) in [5, 5.41) is 8.27. The number of nitrogens with zero attached hydrogens (tertiary/aromatic N) is 2. The zero-order valence-corrected chi connectivity index (χ0v) is 14.0. The van der Waals surface area contributed by atoms with Gasteiger partial charge in [-0.05, 0) is 60.5 Å². The third-order valence-corrected chi connectivity index (χ3v) is 5.14. The van der Waals surface area contributed by atoms with Gasteiger partial charge in [-0.2, -0.15) is 5.10 Å². The number of hydrogen-bond acceptors (Lipinski definition) is 2. The minimum atomic E-state index is 0.873. The molecule has 0 bridgehead atoms. The van der Waals surface area contributed by atoms with Crippen LogP contribution in [-0.2, 0) is 19.5 Å². The molecule has 1 aromatic rings. The van der Waals surface area contributed by atoms with Crippen molar-refractivity contribution in [3.05, 3.63) is 15.9 Å². The number of aromatic nitrogens is 2. The van der Waals surface area contributed by atoms with E-state index in [9.17, 15) is 0 Å². The maximum Gasteiger partial charge on any atom is 0.0767 e. The highest BCUT2D eigenvalue weighted by Gasteiger charge is 2.21. The molecule has 1 saturated carbocycles. The van der Waals surface area contributed by atoms with E-state index in [0.717, 1.165) is 37.9 Å². The van der Waals surface area contributed by atoms with Gasteiger partial charge in [-0.15, -0.1) is 0 Å². The van der Waals surface area contributed by atoms with Crippen molar-refractivity contribution in [2.45, 2.75) is 59.5 Å². The Morgan fingerprint density at radius 1 is 1.37 bits per heavy atom. The van der Waals surface area contributed by atoms with Crippen molar-refractivity contribution in [2.24, 2.45) is 11.8 Å². The third kappa shape index (κ3) is 3.60. The first-order chi connectivity index (χ1) is 9.15. The SMILES string of the molecule is CCc1nn(CC)c(CNCC2CCC(C)C2)c1Br. The molecule has 2 rings (SSSR count). The van der Waals surface area contributed by atoms with Crippen LogP contribution in [0.4, 0.5) is 0 Å². The summed E-state index contributed by atoms with van der Waals surface area (Å²) in [5.74, 6) is 1.80. The Hall–Kier alpha value is -0.350. The van der Waals surface area contributed by atoms with Crippen molar-refractivity contribution >= 4 is 15.9 Å². The molecule has 108 valence electrons. The normalized spacial score (nSPS) is 23.2. The number of rotatable bonds is 6. The van der Waals surface area contributed by atoms with Crippen molar-refractivity contribution in [1.82, 2.24) is 15.1 Å². The second-order valence-electron chi connectivity index (χ2n) is 5.79. The summed E-state index contributed by atoms with van der Waals surface area (Å²) in [7, 11) is 0.